The highest BCUT2D eigenvalue weighted by atomic mass is 19.4. The van der Waals surface area contributed by atoms with Gasteiger partial charge >= 0.3 is 12.1 Å². The number of halogens is 3. The first-order chi connectivity index (χ1) is 12.3. The number of fused-ring (bicyclic) bond motifs is 1. The Hall–Kier alpha value is -3.22. The first kappa shape index (κ1) is 19.1. The molecule has 2 N–H and O–H groups in total. The summed E-state index contributed by atoms with van der Waals surface area (Å²) in [6.45, 7) is 0. The summed E-state index contributed by atoms with van der Waals surface area (Å²) in [5.41, 5.74) is 3.19. The molecule has 136 valence electrons. The summed E-state index contributed by atoms with van der Waals surface area (Å²) in [6.07, 6.45) is -1.04. The molecule has 0 unspecified atom stereocenters. The fourth-order valence-corrected chi connectivity index (χ4v) is 2.02. The van der Waals surface area contributed by atoms with Crippen LogP contribution in [0.4, 0.5) is 18.9 Å². The number of carbonyl (C=O) groups is 1. The van der Waals surface area contributed by atoms with Gasteiger partial charge in [0.1, 0.15) is 11.3 Å². The average Bonchev–Trinajstić information content (AvgIpc) is 3.03. The van der Waals surface area contributed by atoms with Crippen LogP contribution in [-0.2, 0) is 4.79 Å². The van der Waals surface area contributed by atoms with Gasteiger partial charge in [0.2, 0.25) is 0 Å². The Morgan fingerprint density at radius 3 is 2.23 bits per heavy atom. The third-order valence-corrected chi connectivity index (χ3v) is 3.33. The lowest BCUT2D eigenvalue weighted by molar-refractivity contribution is -0.192. The Kier molecular flexibility index (Phi) is 6.06. The van der Waals surface area contributed by atoms with Crippen LogP contribution in [0, 0.1) is 0 Å². The van der Waals surface area contributed by atoms with Crippen LogP contribution in [0.25, 0.3) is 23.1 Å². The minimum atomic E-state index is -5.08. The van der Waals surface area contributed by atoms with Gasteiger partial charge in [0.25, 0.3) is 0 Å². The summed E-state index contributed by atoms with van der Waals surface area (Å²) in [4.78, 5) is 8.90. The highest BCUT2D eigenvalue weighted by Crippen LogP contribution is 2.20. The molecule has 0 aliphatic heterocycles. The molecule has 3 rings (SSSR count). The van der Waals surface area contributed by atoms with E-state index in [9.17, 15) is 13.2 Å². The zero-order chi connectivity index (χ0) is 19.2. The van der Waals surface area contributed by atoms with Crippen molar-refractivity contribution in [2.45, 2.75) is 6.18 Å². The lowest BCUT2D eigenvalue weighted by Crippen LogP contribution is -2.21. The van der Waals surface area contributed by atoms with Crippen LogP contribution < -0.4 is 5.32 Å². The van der Waals surface area contributed by atoms with Gasteiger partial charge in [0.15, 0.2) is 0 Å². The van der Waals surface area contributed by atoms with E-state index in [0.717, 1.165) is 28.0 Å². The van der Waals surface area contributed by atoms with E-state index in [0.29, 0.717) is 0 Å². The molecule has 0 amide bonds. The molecule has 0 aliphatic rings. The van der Waals surface area contributed by atoms with Gasteiger partial charge < -0.3 is 14.8 Å². The van der Waals surface area contributed by atoms with Crippen LogP contribution >= 0.6 is 0 Å². The first-order valence-corrected chi connectivity index (χ1v) is 7.54. The van der Waals surface area contributed by atoms with Crippen LogP contribution in [0.1, 0.15) is 11.3 Å². The molecule has 1 heterocycles. The Morgan fingerprint density at radius 2 is 1.69 bits per heavy atom. The predicted octanol–water partition coefficient (Wildman–Crippen LogP) is 5.28. The van der Waals surface area contributed by atoms with Crippen molar-refractivity contribution < 1.29 is 27.5 Å². The second-order valence-corrected chi connectivity index (χ2v) is 5.19. The minimum Gasteiger partial charge on any atom is -0.475 e. The number of carboxylic acids is 1. The maximum Gasteiger partial charge on any atom is 0.490 e. The summed E-state index contributed by atoms with van der Waals surface area (Å²) in [5, 5.41) is 11.4. The topological polar surface area (TPSA) is 62.5 Å². The number of para-hydroxylation sites is 1. The van der Waals surface area contributed by atoms with Crippen LogP contribution in [0.15, 0.2) is 59.0 Å². The van der Waals surface area contributed by atoms with Gasteiger partial charge in [0, 0.05) is 18.1 Å². The number of nitrogens with one attached hydrogen (secondary N) is 1. The van der Waals surface area contributed by atoms with E-state index in [2.05, 4.69) is 41.7 Å². The second-order valence-electron chi connectivity index (χ2n) is 5.19. The minimum absolute atomic E-state index is 0.874. The van der Waals surface area contributed by atoms with Crippen LogP contribution in [0.5, 0.6) is 0 Å². The van der Waals surface area contributed by atoms with Crippen molar-refractivity contribution in [2.75, 3.05) is 12.4 Å². The zero-order valence-corrected chi connectivity index (χ0v) is 13.7. The first-order valence-electron chi connectivity index (χ1n) is 7.54. The number of rotatable bonds is 3. The third-order valence-electron chi connectivity index (χ3n) is 3.33. The number of alkyl halides is 3. The van der Waals surface area contributed by atoms with Crippen LogP contribution in [0.2, 0.25) is 0 Å². The molecule has 1 aromatic heterocycles. The Balaban J connectivity index is 0.000000298. The van der Waals surface area contributed by atoms with Crippen LogP contribution in [0.3, 0.4) is 0 Å². The van der Waals surface area contributed by atoms with E-state index < -0.39 is 12.1 Å². The van der Waals surface area contributed by atoms with Gasteiger partial charge in [-0.2, -0.15) is 13.2 Å². The van der Waals surface area contributed by atoms with Crippen molar-refractivity contribution in [1.29, 1.82) is 0 Å². The largest absolute Gasteiger partial charge is 0.490 e. The maximum absolute atomic E-state index is 10.6. The van der Waals surface area contributed by atoms with Gasteiger partial charge in [-0.05, 0) is 35.9 Å². The number of aliphatic carboxylic acids is 1. The number of benzene rings is 2. The van der Waals surface area contributed by atoms with Crippen LogP contribution in [-0.4, -0.2) is 24.3 Å². The molecule has 0 aliphatic carbocycles. The van der Waals surface area contributed by atoms with Crippen molar-refractivity contribution in [2.24, 2.45) is 0 Å². The molecular formula is C19H16F3NO3. The van der Waals surface area contributed by atoms with E-state index in [1.165, 1.54) is 0 Å². The molecule has 0 spiro atoms. The monoisotopic (exact) mass is 363 g/mol. The SMILES string of the molecule is CNc1ccc(/C=C/c2cc3ccccc3o2)cc1.O=C(O)C(F)(F)F. The highest BCUT2D eigenvalue weighted by Gasteiger charge is 2.38. The Bertz CT molecular complexity index is 863. The molecule has 0 fully saturated rings. The predicted molar refractivity (Wildman–Crippen MR) is 94.8 cm³/mol. The summed E-state index contributed by atoms with van der Waals surface area (Å²) in [5.74, 6) is -1.88. The molecule has 4 nitrogen and oxygen atoms in total. The average molecular weight is 363 g/mol. The summed E-state index contributed by atoms with van der Waals surface area (Å²) in [7, 11) is 1.92. The molecule has 0 bridgehead atoms. The van der Waals surface area contributed by atoms with Crippen molar-refractivity contribution in [3.8, 4) is 0 Å². The highest BCUT2D eigenvalue weighted by molar-refractivity contribution is 5.81. The third kappa shape index (κ3) is 5.41. The number of hydrogen-bond donors (Lipinski definition) is 2. The molecule has 0 saturated heterocycles. The van der Waals surface area contributed by atoms with E-state index in [-0.39, 0.29) is 0 Å². The van der Waals surface area contributed by atoms with Gasteiger partial charge in [-0.1, -0.05) is 36.4 Å². The molecule has 0 radical (unpaired) electrons. The smallest absolute Gasteiger partial charge is 0.475 e. The number of hydrogen-bond acceptors (Lipinski definition) is 3. The number of anilines is 1. The molecule has 3 aromatic rings. The Morgan fingerprint density at radius 1 is 1.08 bits per heavy atom. The number of carboxylic acid groups (broad SMARTS) is 1. The van der Waals surface area contributed by atoms with E-state index in [4.69, 9.17) is 14.3 Å². The van der Waals surface area contributed by atoms with E-state index in [1.54, 1.807) is 0 Å². The molecule has 0 saturated carbocycles. The zero-order valence-electron chi connectivity index (χ0n) is 13.7. The second kappa shape index (κ2) is 8.24. The maximum atomic E-state index is 10.6. The fourth-order valence-electron chi connectivity index (χ4n) is 2.02. The molecule has 7 heteroatoms. The number of furan rings is 1. The molecular weight excluding hydrogens is 347 g/mol. The normalized spacial score (nSPS) is 11.2. The van der Waals surface area contributed by atoms with Gasteiger partial charge in [-0.15, -0.1) is 0 Å². The van der Waals surface area contributed by atoms with Crippen molar-refractivity contribution >= 4 is 34.8 Å². The lowest BCUT2D eigenvalue weighted by Gasteiger charge is -1.98. The van der Waals surface area contributed by atoms with Crippen molar-refractivity contribution in [3.05, 3.63) is 65.9 Å². The quantitative estimate of drug-likeness (QED) is 0.665. The lowest BCUT2D eigenvalue weighted by atomic mass is 10.2. The fraction of sp³-hybridized carbons (Fsp3) is 0.105. The van der Waals surface area contributed by atoms with Gasteiger partial charge in [-0.25, -0.2) is 4.79 Å². The van der Waals surface area contributed by atoms with Gasteiger partial charge in [0.05, 0.1) is 0 Å². The summed E-state index contributed by atoms with van der Waals surface area (Å²) in [6, 6.07) is 18.3. The molecule has 2 aromatic carbocycles. The summed E-state index contributed by atoms with van der Waals surface area (Å²) >= 11 is 0. The van der Waals surface area contributed by atoms with Crippen molar-refractivity contribution in [3.63, 3.8) is 0 Å². The summed E-state index contributed by atoms with van der Waals surface area (Å²) < 4.78 is 37.5. The van der Waals surface area contributed by atoms with Crippen molar-refractivity contribution in [1.82, 2.24) is 0 Å². The van der Waals surface area contributed by atoms with E-state index >= 15 is 0 Å². The van der Waals surface area contributed by atoms with Gasteiger partial charge in [-0.3, -0.25) is 0 Å². The Labute approximate surface area is 147 Å². The van der Waals surface area contributed by atoms with E-state index in [1.807, 2.05) is 37.4 Å². The standard InChI is InChI=1S/C17H15NO.C2HF3O2/c1-18-15-9-6-13(7-10-15)8-11-16-12-14-4-2-3-5-17(14)19-16;3-2(4,5)1(6)7/h2-12,18H,1H3;(H,6,7)/b11-8+;. The molecule has 0 atom stereocenters. The molecule has 26 heavy (non-hydrogen) atoms.